The second kappa shape index (κ2) is 10.2. The molecule has 7 nitrogen and oxygen atoms in total. The van der Waals surface area contributed by atoms with Crippen molar-refractivity contribution in [1.82, 2.24) is 9.66 Å². The van der Waals surface area contributed by atoms with Crippen LogP contribution in [0.3, 0.4) is 0 Å². The molecule has 178 valence electrons. The van der Waals surface area contributed by atoms with E-state index in [0.717, 1.165) is 4.68 Å². The number of fused-ring (bicyclic) bond motifs is 1. The van der Waals surface area contributed by atoms with E-state index in [2.05, 4.69) is 41.9 Å². The highest BCUT2D eigenvalue weighted by Gasteiger charge is 2.17. The third-order valence-corrected chi connectivity index (χ3v) is 6.42. The Morgan fingerprint density at radius 3 is 2.58 bits per heavy atom. The molecule has 0 fully saturated rings. The molecule has 36 heavy (non-hydrogen) atoms. The Balaban J connectivity index is 1.60. The molecular formula is C26H14Br2ClN3O4. The van der Waals surface area contributed by atoms with E-state index in [0.29, 0.717) is 41.8 Å². The molecule has 0 N–H and O–H groups in total. The van der Waals surface area contributed by atoms with Gasteiger partial charge >= 0.3 is 5.97 Å². The number of rotatable bonds is 5. The highest BCUT2D eigenvalue weighted by atomic mass is 79.9. The first-order valence-corrected chi connectivity index (χ1v) is 12.4. The summed E-state index contributed by atoms with van der Waals surface area (Å²) in [6, 6.07) is 20.2. The number of benzene rings is 3. The molecule has 0 unspecified atom stereocenters. The fourth-order valence-electron chi connectivity index (χ4n) is 3.44. The molecule has 5 aromatic rings. The lowest BCUT2D eigenvalue weighted by Gasteiger charge is -2.11. The highest BCUT2D eigenvalue weighted by Crippen LogP contribution is 2.33. The van der Waals surface area contributed by atoms with E-state index in [1.54, 1.807) is 72.8 Å². The van der Waals surface area contributed by atoms with Gasteiger partial charge in [0.1, 0.15) is 0 Å². The van der Waals surface area contributed by atoms with Gasteiger partial charge in [0.15, 0.2) is 11.5 Å². The first kappa shape index (κ1) is 24.2. The van der Waals surface area contributed by atoms with Crippen LogP contribution in [0.2, 0.25) is 5.02 Å². The normalized spacial score (nSPS) is 11.3. The number of hydrogen-bond donors (Lipinski definition) is 0. The van der Waals surface area contributed by atoms with Crippen LogP contribution in [0.25, 0.3) is 22.5 Å². The van der Waals surface area contributed by atoms with Crippen molar-refractivity contribution < 1.29 is 13.9 Å². The largest absolute Gasteiger partial charge is 0.461 e. The Morgan fingerprint density at radius 1 is 1.06 bits per heavy atom. The van der Waals surface area contributed by atoms with E-state index in [4.69, 9.17) is 20.8 Å². The second-order valence-electron chi connectivity index (χ2n) is 7.49. The lowest BCUT2D eigenvalue weighted by atomic mass is 10.2. The van der Waals surface area contributed by atoms with E-state index >= 15 is 0 Å². The zero-order valence-corrected chi connectivity index (χ0v) is 22.1. The summed E-state index contributed by atoms with van der Waals surface area (Å²) in [7, 11) is 0. The number of carbonyl (C=O) groups excluding carboxylic acids is 1. The van der Waals surface area contributed by atoms with Crippen LogP contribution in [0.1, 0.15) is 15.9 Å². The number of nitrogens with zero attached hydrogens (tertiary/aromatic N) is 3. The van der Waals surface area contributed by atoms with Gasteiger partial charge in [-0.2, -0.15) is 9.78 Å². The summed E-state index contributed by atoms with van der Waals surface area (Å²) in [4.78, 5) is 30.7. The molecule has 5 rings (SSSR count). The van der Waals surface area contributed by atoms with Crippen molar-refractivity contribution in [1.29, 1.82) is 0 Å². The second-order valence-corrected chi connectivity index (χ2v) is 9.70. The topological polar surface area (TPSA) is 86.7 Å². The predicted molar refractivity (Wildman–Crippen MR) is 145 cm³/mol. The maximum absolute atomic E-state index is 13.3. The van der Waals surface area contributed by atoms with Gasteiger partial charge < -0.3 is 9.15 Å². The third-order valence-electron chi connectivity index (χ3n) is 5.12. The molecule has 0 atom stereocenters. The summed E-state index contributed by atoms with van der Waals surface area (Å²) in [6.45, 7) is 0. The van der Waals surface area contributed by atoms with Crippen LogP contribution in [-0.2, 0) is 0 Å². The fraction of sp³-hybridized carbons (Fsp3) is 0. The molecule has 2 aromatic heterocycles. The molecule has 0 aliphatic heterocycles. The number of furan rings is 1. The molecule has 0 saturated heterocycles. The van der Waals surface area contributed by atoms with E-state index in [1.807, 2.05) is 0 Å². The van der Waals surface area contributed by atoms with Gasteiger partial charge in [-0.3, -0.25) is 4.79 Å². The minimum atomic E-state index is -0.579. The van der Waals surface area contributed by atoms with Crippen LogP contribution in [0.4, 0.5) is 0 Å². The van der Waals surface area contributed by atoms with Crippen LogP contribution < -0.4 is 10.3 Å². The zero-order valence-electron chi connectivity index (χ0n) is 18.2. The van der Waals surface area contributed by atoms with Gasteiger partial charge in [-0.15, -0.1) is 0 Å². The van der Waals surface area contributed by atoms with Crippen molar-refractivity contribution in [2.24, 2.45) is 5.10 Å². The molecule has 0 amide bonds. The lowest BCUT2D eigenvalue weighted by Crippen LogP contribution is -2.20. The van der Waals surface area contributed by atoms with Gasteiger partial charge in [-0.25, -0.2) is 9.78 Å². The molecule has 0 spiro atoms. The number of hydrogen-bond acceptors (Lipinski definition) is 6. The molecule has 3 aromatic carbocycles. The maximum Gasteiger partial charge on any atom is 0.343 e. The van der Waals surface area contributed by atoms with Crippen LogP contribution in [0, 0.1) is 0 Å². The molecule has 0 aliphatic carbocycles. The first-order chi connectivity index (χ1) is 17.4. The molecule has 0 bridgehead atoms. The fourth-order valence-corrected chi connectivity index (χ4v) is 4.90. The van der Waals surface area contributed by atoms with Crippen molar-refractivity contribution in [2.75, 3.05) is 0 Å². The number of para-hydroxylation sites is 1. The van der Waals surface area contributed by atoms with E-state index in [1.165, 1.54) is 12.5 Å². The van der Waals surface area contributed by atoms with Gasteiger partial charge in [-0.1, -0.05) is 39.7 Å². The quantitative estimate of drug-likeness (QED) is 0.120. The zero-order chi connectivity index (χ0) is 25.2. The van der Waals surface area contributed by atoms with Gasteiger partial charge in [0.05, 0.1) is 33.4 Å². The monoisotopic (exact) mass is 625 g/mol. The van der Waals surface area contributed by atoms with Gasteiger partial charge in [-0.05, 0) is 76.6 Å². The number of esters is 1. The Bertz CT molecular complexity index is 1680. The van der Waals surface area contributed by atoms with E-state index in [9.17, 15) is 9.59 Å². The lowest BCUT2D eigenvalue weighted by molar-refractivity contribution is 0.0733. The Morgan fingerprint density at radius 2 is 1.83 bits per heavy atom. The van der Waals surface area contributed by atoms with Gasteiger partial charge in [0.2, 0.25) is 5.82 Å². The Hall–Kier alpha value is -3.53. The highest BCUT2D eigenvalue weighted by molar-refractivity contribution is 9.11. The number of carbonyl (C=O) groups is 1. The minimum absolute atomic E-state index is 0.225. The SMILES string of the molecule is O=C(Oc1c(Br)cc(Br)cc1C=Nn1c(-c2ccco2)nc2ccccc2c1=O)c1ccc(Cl)cc1. The van der Waals surface area contributed by atoms with E-state index in [-0.39, 0.29) is 17.1 Å². The number of ether oxygens (including phenoxy) is 1. The summed E-state index contributed by atoms with van der Waals surface area (Å²) in [5.41, 5.74) is 0.899. The van der Waals surface area contributed by atoms with Crippen molar-refractivity contribution in [3.63, 3.8) is 0 Å². The first-order valence-electron chi connectivity index (χ1n) is 10.5. The van der Waals surface area contributed by atoms with E-state index < -0.39 is 5.97 Å². The van der Waals surface area contributed by atoms with Gasteiger partial charge in [0, 0.05) is 15.1 Å². The molecule has 0 aliphatic rings. The number of aromatic nitrogens is 2. The van der Waals surface area contributed by atoms with Crippen LogP contribution >= 0.6 is 43.5 Å². The molecule has 0 radical (unpaired) electrons. The molecular weight excluding hydrogens is 614 g/mol. The van der Waals surface area contributed by atoms with Crippen molar-refractivity contribution in [3.05, 3.63) is 115 Å². The Labute approximate surface area is 226 Å². The smallest absolute Gasteiger partial charge is 0.343 e. The standard InChI is InChI=1S/C26H14Br2ClN3O4/c27-17-12-16(23(20(28)13-17)36-26(34)15-7-9-18(29)10-8-15)14-30-32-24(22-6-3-11-35-22)31-21-5-2-1-4-19(21)25(32)33/h1-14H. The predicted octanol–water partition coefficient (Wildman–Crippen LogP) is 6.94. The maximum atomic E-state index is 13.3. The molecule has 10 heteroatoms. The molecule has 2 heterocycles. The van der Waals surface area contributed by atoms with Gasteiger partial charge in [0.25, 0.3) is 5.56 Å². The average molecular weight is 628 g/mol. The summed E-state index contributed by atoms with van der Waals surface area (Å²) >= 11 is 12.8. The molecule has 0 saturated carbocycles. The van der Waals surface area contributed by atoms with Crippen molar-refractivity contribution >= 4 is 66.5 Å². The number of halogens is 3. The average Bonchev–Trinajstić information content (AvgIpc) is 3.40. The van der Waals surface area contributed by atoms with Crippen LogP contribution in [-0.4, -0.2) is 21.8 Å². The minimum Gasteiger partial charge on any atom is -0.461 e. The van der Waals surface area contributed by atoms with Crippen molar-refractivity contribution in [2.45, 2.75) is 0 Å². The van der Waals surface area contributed by atoms with Crippen LogP contribution in [0.15, 0.2) is 102 Å². The summed E-state index contributed by atoms with van der Waals surface area (Å²) in [6.07, 6.45) is 2.91. The summed E-state index contributed by atoms with van der Waals surface area (Å²) in [5.74, 6) is 0.252. The van der Waals surface area contributed by atoms with Crippen molar-refractivity contribution in [3.8, 4) is 17.3 Å². The van der Waals surface area contributed by atoms with Crippen LogP contribution in [0.5, 0.6) is 5.75 Å². The summed E-state index contributed by atoms with van der Waals surface area (Å²) in [5, 5.41) is 5.33. The third kappa shape index (κ3) is 4.90. The summed E-state index contributed by atoms with van der Waals surface area (Å²) < 4.78 is 13.6. The Kier molecular flexibility index (Phi) is 6.86.